The van der Waals surface area contributed by atoms with Gasteiger partial charge in [0.1, 0.15) is 11.5 Å². The van der Waals surface area contributed by atoms with Crippen LogP contribution in [0.3, 0.4) is 0 Å². The fraction of sp³-hybridized carbons (Fsp3) is 0.407. The van der Waals surface area contributed by atoms with E-state index in [9.17, 15) is 0 Å². The lowest BCUT2D eigenvalue weighted by atomic mass is 10.0. The van der Waals surface area contributed by atoms with Crippen LogP contribution in [0.5, 0.6) is 11.5 Å². The number of hydrogen-bond donors (Lipinski definition) is 0. The molecule has 3 heteroatoms. The SMILES string of the molecule is C=CCN(CCc1ccc(OC)cc1OC)C(C#CCCCC)Cc1ccccc1. The average Bonchev–Trinajstić information content (AvgIpc) is 2.79. The molecule has 0 bridgehead atoms. The Morgan fingerprint density at radius 3 is 2.57 bits per heavy atom. The Kier molecular flexibility index (Phi) is 10.6. The van der Waals surface area contributed by atoms with Crippen LogP contribution in [0, 0.1) is 11.8 Å². The summed E-state index contributed by atoms with van der Waals surface area (Å²) < 4.78 is 10.9. The zero-order valence-electron chi connectivity index (χ0n) is 18.7. The molecule has 0 aliphatic rings. The summed E-state index contributed by atoms with van der Waals surface area (Å²) in [6.07, 6.45) is 7.03. The van der Waals surface area contributed by atoms with Gasteiger partial charge in [-0.3, -0.25) is 4.90 Å². The number of rotatable bonds is 12. The Balaban J connectivity index is 2.18. The van der Waals surface area contributed by atoms with Crippen molar-refractivity contribution >= 4 is 0 Å². The van der Waals surface area contributed by atoms with Crippen molar-refractivity contribution in [2.75, 3.05) is 27.3 Å². The summed E-state index contributed by atoms with van der Waals surface area (Å²) in [5, 5.41) is 0. The number of unbranched alkanes of at least 4 members (excludes halogenated alkanes) is 2. The largest absolute Gasteiger partial charge is 0.497 e. The van der Waals surface area contributed by atoms with E-state index >= 15 is 0 Å². The molecular weight excluding hydrogens is 370 g/mol. The number of ether oxygens (including phenoxy) is 2. The molecule has 1 atom stereocenters. The van der Waals surface area contributed by atoms with E-state index in [0.29, 0.717) is 0 Å². The third-order valence-electron chi connectivity index (χ3n) is 5.16. The van der Waals surface area contributed by atoms with E-state index in [-0.39, 0.29) is 6.04 Å². The molecule has 2 aromatic rings. The van der Waals surface area contributed by atoms with Crippen LogP contribution in [0.1, 0.15) is 37.3 Å². The fourth-order valence-electron chi connectivity index (χ4n) is 3.43. The zero-order chi connectivity index (χ0) is 21.6. The predicted molar refractivity (Wildman–Crippen MR) is 126 cm³/mol. The Labute approximate surface area is 182 Å². The van der Waals surface area contributed by atoms with Gasteiger partial charge in [-0.25, -0.2) is 0 Å². The highest BCUT2D eigenvalue weighted by Crippen LogP contribution is 2.25. The molecule has 3 nitrogen and oxygen atoms in total. The summed E-state index contributed by atoms with van der Waals surface area (Å²) in [6.45, 7) is 7.87. The van der Waals surface area contributed by atoms with Crippen molar-refractivity contribution < 1.29 is 9.47 Å². The molecule has 0 aromatic heterocycles. The maximum Gasteiger partial charge on any atom is 0.125 e. The molecule has 0 saturated heterocycles. The maximum atomic E-state index is 5.58. The van der Waals surface area contributed by atoms with Gasteiger partial charge in [-0.05, 0) is 36.5 Å². The summed E-state index contributed by atoms with van der Waals surface area (Å²) in [6, 6.07) is 16.8. The second-order valence-electron chi connectivity index (χ2n) is 7.34. The van der Waals surface area contributed by atoms with Crippen molar-refractivity contribution in [3.8, 4) is 23.3 Å². The Morgan fingerprint density at radius 2 is 1.90 bits per heavy atom. The molecule has 0 radical (unpaired) electrons. The van der Waals surface area contributed by atoms with Crippen molar-refractivity contribution in [1.29, 1.82) is 0 Å². The second-order valence-corrected chi connectivity index (χ2v) is 7.34. The first-order valence-electron chi connectivity index (χ1n) is 10.8. The minimum atomic E-state index is 0.159. The number of methoxy groups -OCH3 is 2. The van der Waals surface area contributed by atoms with Gasteiger partial charge in [-0.15, -0.1) is 12.5 Å². The lowest BCUT2D eigenvalue weighted by molar-refractivity contribution is 0.261. The molecular formula is C27H35NO2. The molecule has 0 saturated carbocycles. The van der Waals surface area contributed by atoms with Gasteiger partial charge in [0.15, 0.2) is 0 Å². The van der Waals surface area contributed by atoms with Gasteiger partial charge in [0.2, 0.25) is 0 Å². The van der Waals surface area contributed by atoms with E-state index in [0.717, 1.165) is 50.3 Å². The average molecular weight is 406 g/mol. The van der Waals surface area contributed by atoms with Crippen LogP contribution in [0.15, 0.2) is 61.2 Å². The topological polar surface area (TPSA) is 21.7 Å². The van der Waals surface area contributed by atoms with Gasteiger partial charge in [-0.1, -0.05) is 61.7 Å². The number of nitrogens with zero attached hydrogens (tertiary/aromatic N) is 1. The highest BCUT2D eigenvalue weighted by molar-refractivity contribution is 5.41. The van der Waals surface area contributed by atoms with E-state index < -0.39 is 0 Å². The van der Waals surface area contributed by atoms with Crippen molar-refractivity contribution in [2.24, 2.45) is 0 Å². The summed E-state index contributed by atoms with van der Waals surface area (Å²) in [5.41, 5.74) is 2.48. The molecule has 0 heterocycles. The lowest BCUT2D eigenvalue weighted by Crippen LogP contribution is -2.37. The first-order chi connectivity index (χ1) is 14.7. The quantitative estimate of drug-likeness (QED) is 0.263. The highest BCUT2D eigenvalue weighted by atomic mass is 16.5. The second kappa shape index (κ2) is 13.5. The van der Waals surface area contributed by atoms with Crippen molar-refractivity contribution in [2.45, 2.75) is 45.1 Å². The van der Waals surface area contributed by atoms with Gasteiger partial charge in [0, 0.05) is 25.6 Å². The molecule has 0 aliphatic heterocycles. The number of benzene rings is 2. The van der Waals surface area contributed by atoms with Crippen molar-refractivity contribution in [3.63, 3.8) is 0 Å². The van der Waals surface area contributed by atoms with Crippen LogP contribution in [0.2, 0.25) is 0 Å². The summed E-state index contributed by atoms with van der Waals surface area (Å²) >= 11 is 0. The Bertz CT molecular complexity index is 820. The van der Waals surface area contributed by atoms with Gasteiger partial charge in [0.25, 0.3) is 0 Å². The van der Waals surface area contributed by atoms with E-state index in [1.807, 2.05) is 18.2 Å². The summed E-state index contributed by atoms with van der Waals surface area (Å²) in [4.78, 5) is 2.42. The Morgan fingerprint density at radius 1 is 1.10 bits per heavy atom. The molecule has 0 N–H and O–H groups in total. The molecule has 0 aliphatic carbocycles. The smallest absolute Gasteiger partial charge is 0.125 e. The van der Waals surface area contributed by atoms with Gasteiger partial charge in [0.05, 0.1) is 20.3 Å². The minimum Gasteiger partial charge on any atom is -0.497 e. The normalized spacial score (nSPS) is 11.5. The summed E-state index contributed by atoms with van der Waals surface area (Å²) in [5.74, 6) is 8.63. The first-order valence-corrected chi connectivity index (χ1v) is 10.8. The lowest BCUT2D eigenvalue weighted by Gasteiger charge is -2.28. The third kappa shape index (κ3) is 7.61. The zero-order valence-corrected chi connectivity index (χ0v) is 18.7. The van der Waals surface area contributed by atoms with E-state index in [2.05, 4.69) is 66.6 Å². The molecule has 0 fully saturated rings. The van der Waals surface area contributed by atoms with E-state index in [1.54, 1.807) is 14.2 Å². The van der Waals surface area contributed by atoms with Crippen molar-refractivity contribution in [3.05, 3.63) is 72.3 Å². The maximum absolute atomic E-state index is 5.58. The Hall–Kier alpha value is -2.70. The highest BCUT2D eigenvalue weighted by Gasteiger charge is 2.17. The van der Waals surface area contributed by atoms with Gasteiger partial charge in [-0.2, -0.15) is 0 Å². The number of hydrogen-bond acceptors (Lipinski definition) is 3. The van der Waals surface area contributed by atoms with E-state index in [1.165, 1.54) is 17.5 Å². The van der Waals surface area contributed by atoms with Crippen LogP contribution >= 0.6 is 0 Å². The first kappa shape index (κ1) is 23.6. The molecule has 30 heavy (non-hydrogen) atoms. The molecule has 2 rings (SSSR count). The van der Waals surface area contributed by atoms with Gasteiger partial charge < -0.3 is 9.47 Å². The van der Waals surface area contributed by atoms with Gasteiger partial charge >= 0.3 is 0 Å². The predicted octanol–water partition coefficient (Wildman–Crippen LogP) is 5.54. The van der Waals surface area contributed by atoms with Crippen LogP contribution in [-0.4, -0.2) is 38.3 Å². The molecule has 160 valence electrons. The van der Waals surface area contributed by atoms with Crippen LogP contribution in [0.4, 0.5) is 0 Å². The fourth-order valence-corrected chi connectivity index (χ4v) is 3.43. The molecule has 0 spiro atoms. The van der Waals surface area contributed by atoms with Crippen molar-refractivity contribution in [1.82, 2.24) is 4.90 Å². The monoisotopic (exact) mass is 405 g/mol. The van der Waals surface area contributed by atoms with E-state index in [4.69, 9.17) is 9.47 Å². The molecule has 1 unspecified atom stereocenters. The standard InChI is InChI=1S/C27H35NO2/c1-5-7-8-12-15-25(21-23-13-10-9-11-14-23)28(19-6-2)20-18-24-16-17-26(29-3)22-27(24)30-4/h6,9-11,13-14,16-17,22,25H,2,5,7-8,18-21H2,1,3-4H3. The minimum absolute atomic E-state index is 0.159. The van der Waals surface area contributed by atoms with Crippen LogP contribution in [-0.2, 0) is 12.8 Å². The third-order valence-corrected chi connectivity index (χ3v) is 5.16. The van der Waals surface area contributed by atoms with Crippen LogP contribution < -0.4 is 9.47 Å². The molecule has 2 aromatic carbocycles. The molecule has 0 amide bonds. The summed E-state index contributed by atoms with van der Waals surface area (Å²) in [7, 11) is 3.38. The van der Waals surface area contributed by atoms with Crippen LogP contribution in [0.25, 0.3) is 0 Å².